The number of likely N-dealkylation sites (tertiary alicyclic amines) is 1. The Balaban J connectivity index is 2.00. The summed E-state index contributed by atoms with van der Waals surface area (Å²) in [7, 11) is 0. The number of alkyl halides is 10. The molecule has 1 atom stereocenters. The summed E-state index contributed by atoms with van der Waals surface area (Å²) < 4.78 is 130. The van der Waals surface area contributed by atoms with Gasteiger partial charge in [-0.1, -0.05) is 36.4 Å². The lowest BCUT2D eigenvalue weighted by Gasteiger charge is -2.32. The Labute approximate surface area is 197 Å². The normalized spacial score (nSPS) is 19.8. The fourth-order valence-corrected chi connectivity index (χ4v) is 5.43. The minimum absolute atomic E-state index is 0.0106. The molecule has 2 aromatic carbocycles. The van der Waals surface area contributed by atoms with Gasteiger partial charge in [0, 0.05) is 23.5 Å². The van der Waals surface area contributed by atoms with E-state index in [4.69, 9.17) is 0 Å². The van der Waals surface area contributed by atoms with Crippen molar-refractivity contribution < 1.29 is 48.7 Å². The van der Waals surface area contributed by atoms with Crippen LogP contribution in [-0.4, -0.2) is 42.9 Å². The number of benzene rings is 2. The van der Waals surface area contributed by atoms with Gasteiger partial charge in [-0.25, -0.2) is 4.39 Å². The highest BCUT2D eigenvalue weighted by Gasteiger charge is 2.73. The highest BCUT2D eigenvalue weighted by Crippen LogP contribution is 2.54. The molecule has 1 saturated heterocycles. The summed E-state index contributed by atoms with van der Waals surface area (Å²) in [5.74, 6) is 0. The van der Waals surface area contributed by atoms with Gasteiger partial charge >= 0.3 is 24.2 Å². The van der Waals surface area contributed by atoms with Crippen molar-refractivity contribution in [3.63, 3.8) is 0 Å². The number of rotatable bonds is 6. The first-order valence-electron chi connectivity index (χ1n) is 9.98. The number of hydrogen-bond acceptors (Lipinski definition) is 2. The van der Waals surface area contributed by atoms with Crippen molar-refractivity contribution >= 4 is 18.2 Å². The third-order valence-electron chi connectivity index (χ3n) is 5.62. The Morgan fingerprint density at radius 2 is 1.49 bits per heavy atom. The van der Waals surface area contributed by atoms with Gasteiger partial charge in [-0.05, 0) is 29.7 Å². The van der Waals surface area contributed by atoms with Crippen LogP contribution in [-0.2, 0) is 21.6 Å². The lowest BCUT2D eigenvalue weighted by molar-refractivity contribution is -0.348. The summed E-state index contributed by atoms with van der Waals surface area (Å²) in [5.41, 5.74) is -7.09. The standard InChI is InChI=1S/C22H17F10NOS/c23-19(24,25)11-14-2-1-3-17(10-14)35-18(8-9-33(12-18)13-34)15-4-6-16(7-5-15)20(26,21(27,28)29)22(30,31)32/h1-7,10,13H,8-9,11-12H2. The SMILES string of the molecule is O=CN1CCC(Sc2cccc(CC(F)(F)F)c2)(c2ccc(C(F)(C(F)(F)F)C(F)(F)F)cc2)C1. The largest absolute Gasteiger partial charge is 0.435 e. The molecule has 35 heavy (non-hydrogen) atoms. The molecule has 1 fully saturated rings. The summed E-state index contributed by atoms with van der Waals surface area (Å²) in [6.07, 6.45) is -17.5. The van der Waals surface area contributed by atoms with Crippen LogP contribution in [0.4, 0.5) is 43.9 Å². The van der Waals surface area contributed by atoms with Crippen molar-refractivity contribution in [1.82, 2.24) is 4.90 Å². The summed E-state index contributed by atoms with van der Waals surface area (Å²) in [6, 6.07) is 8.05. The maximum absolute atomic E-state index is 14.4. The van der Waals surface area contributed by atoms with Crippen molar-refractivity contribution in [2.45, 2.75) is 46.7 Å². The van der Waals surface area contributed by atoms with Crippen molar-refractivity contribution in [1.29, 1.82) is 0 Å². The van der Waals surface area contributed by atoms with Crippen LogP contribution in [0.25, 0.3) is 0 Å². The summed E-state index contributed by atoms with van der Waals surface area (Å²) >= 11 is 1.03. The maximum Gasteiger partial charge on any atom is 0.435 e. The Hall–Kier alpha value is -2.44. The molecule has 0 aromatic heterocycles. The van der Waals surface area contributed by atoms with Crippen LogP contribution in [0.1, 0.15) is 23.1 Å². The molecule has 0 saturated carbocycles. The summed E-state index contributed by atoms with van der Waals surface area (Å²) in [4.78, 5) is 13.0. The molecule has 2 aromatic rings. The van der Waals surface area contributed by atoms with Crippen molar-refractivity contribution in [3.8, 4) is 0 Å². The van der Waals surface area contributed by atoms with E-state index >= 15 is 0 Å². The number of nitrogens with zero attached hydrogens (tertiary/aromatic N) is 1. The second-order valence-electron chi connectivity index (χ2n) is 8.09. The predicted octanol–water partition coefficient (Wildman–Crippen LogP) is 6.93. The maximum atomic E-state index is 14.4. The molecule has 0 spiro atoms. The van der Waals surface area contributed by atoms with Crippen LogP contribution in [0.5, 0.6) is 0 Å². The van der Waals surface area contributed by atoms with Gasteiger partial charge in [0.1, 0.15) is 0 Å². The van der Waals surface area contributed by atoms with E-state index in [-0.39, 0.29) is 30.6 Å². The van der Waals surface area contributed by atoms with E-state index in [1.807, 2.05) is 0 Å². The van der Waals surface area contributed by atoms with Crippen LogP contribution in [0.3, 0.4) is 0 Å². The van der Waals surface area contributed by atoms with Gasteiger partial charge in [0.05, 0.1) is 11.2 Å². The molecule has 1 unspecified atom stereocenters. The Bertz CT molecular complexity index is 1030. The Morgan fingerprint density at radius 3 is 1.97 bits per heavy atom. The molecule has 1 heterocycles. The van der Waals surface area contributed by atoms with Gasteiger partial charge in [0.25, 0.3) is 0 Å². The molecule has 1 aliphatic rings. The molecule has 13 heteroatoms. The van der Waals surface area contributed by atoms with Gasteiger partial charge in [-0.15, -0.1) is 11.8 Å². The number of carbonyl (C=O) groups excluding carboxylic acids is 1. The highest BCUT2D eigenvalue weighted by molar-refractivity contribution is 8.00. The van der Waals surface area contributed by atoms with E-state index in [9.17, 15) is 48.7 Å². The summed E-state index contributed by atoms with van der Waals surface area (Å²) in [6.45, 7) is 0.183. The number of hydrogen-bond donors (Lipinski definition) is 0. The van der Waals surface area contributed by atoms with E-state index in [2.05, 4.69) is 0 Å². The minimum Gasteiger partial charge on any atom is -0.343 e. The fourth-order valence-electron chi connectivity index (χ4n) is 3.95. The molecular formula is C22H17F10NOS. The van der Waals surface area contributed by atoms with Gasteiger partial charge in [0.15, 0.2) is 0 Å². The van der Waals surface area contributed by atoms with Crippen molar-refractivity contribution in [2.75, 3.05) is 13.1 Å². The molecule has 3 rings (SSSR count). The molecule has 2 nitrogen and oxygen atoms in total. The van der Waals surface area contributed by atoms with Crippen molar-refractivity contribution in [3.05, 3.63) is 65.2 Å². The lowest BCUT2D eigenvalue weighted by Crippen LogP contribution is -2.50. The summed E-state index contributed by atoms with van der Waals surface area (Å²) in [5, 5.41) is 0. The van der Waals surface area contributed by atoms with E-state index < -0.39 is 40.9 Å². The molecule has 192 valence electrons. The second-order valence-corrected chi connectivity index (χ2v) is 9.55. The number of thioether (sulfide) groups is 1. The van der Waals surface area contributed by atoms with Crippen LogP contribution in [0.15, 0.2) is 53.4 Å². The van der Waals surface area contributed by atoms with Crippen LogP contribution >= 0.6 is 11.8 Å². The molecule has 1 amide bonds. The molecule has 1 aliphatic heterocycles. The number of carbonyl (C=O) groups is 1. The first-order valence-corrected chi connectivity index (χ1v) is 10.8. The molecule has 0 radical (unpaired) electrons. The zero-order chi connectivity index (χ0) is 26.3. The first kappa shape index (κ1) is 27.2. The molecule has 0 N–H and O–H groups in total. The lowest BCUT2D eigenvalue weighted by atomic mass is 9.90. The number of amides is 1. The monoisotopic (exact) mass is 533 g/mol. The highest BCUT2D eigenvalue weighted by atomic mass is 32.2. The zero-order valence-corrected chi connectivity index (χ0v) is 18.4. The van der Waals surface area contributed by atoms with Gasteiger partial charge in [-0.3, -0.25) is 4.79 Å². The Kier molecular flexibility index (Phi) is 7.15. The molecule has 0 bridgehead atoms. The average molecular weight is 533 g/mol. The van der Waals surface area contributed by atoms with Crippen LogP contribution in [0, 0.1) is 0 Å². The molecular weight excluding hydrogens is 516 g/mol. The third-order valence-corrected chi connectivity index (χ3v) is 7.07. The van der Waals surface area contributed by atoms with Gasteiger partial charge in [-0.2, -0.15) is 39.5 Å². The third kappa shape index (κ3) is 5.54. The minimum atomic E-state index is -6.26. The zero-order valence-electron chi connectivity index (χ0n) is 17.6. The predicted molar refractivity (Wildman–Crippen MR) is 107 cm³/mol. The van der Waals surface area contributed by atoms with E-state index in [1.54, 1.807) is 0 Å². The first-order chi connectivity index (χ1) is 16.0. The van der Waals surface area contributed by atoms with Crippen molar-refractivity contribution in [2.24, 2.45) is 0 Å². The van der Waals surface area contributed by atoms with E-state index in [0.29, 0.717) is 23.4 Å². The Morgan fingerprint density at radius 1 is 0.886 bits per heavy atom. The second kappa shape index (κ2) is 9.21. The van der Waals surface area contributed by atoms with Gasteiger partial charge < -0.3 is 4.90 Å². The van der Waals surface area contributed by atoms with Gasteiger partial charge in [0.2, 0.25) is 6.41 Å². The average Bonchev–Trinajstić information content (AvgIpc) is 3.15. The van der Waals surface area contributed by atoms with Crippen LogP contribution < -0.4 is 0 Å². The smallest absolute Gasteiger partial charge is 0.343 e. The van der Waals surface area contributed by atoms with Crippen LogP contribution in [0.2, 0.25) is 0 Å². The quantitative estimate of drug-likeness (QED) is 0.297. The number of halogens is 10. The van der Waals surface area contributed by atoms with E-state index in [1.165, 1.54) is 29.2 Å². The molecule has 0 aliphatic carbocycles. The fraction of sp³-hybridized carbons (Fsp3) is 0.409. The van der Waals surface area contributed by atoms with E-state index in [0.717, 1.165) is 23.9 Å². The topological polar surface area (TPSA) is 20.3 Å².